The molecule has 1 aliphatic heterocycles. The quantitative estimate of drug-likeness (QED) is 0.641. The summed E-state index contributed by atoms with van der Waals surface area (Å²) in [5, 5.41) is 3.07. The van der Waals surface area contributed by atoms with E-state index >= 15 is 0 Å². The zero-order valence-corrected chi connectivity index (χ0v) is 18.5. The first-order valence-electron chi connectivity index (χ1n) is 10.9. The summed E-state index contributed by atoms with van der Waals surface area (Å²) in [6.45, 7) is 3.24. The molecule has 0 spiro atoms. The smallest absolute Gasteiger partial charge is 0.254 e. The highest BCUT2D eigenvalue weighted by atomic mass is 16.5. The van der Waals surface area contributed by atoms with E-state index in [4.69, 9.17) is 4.74 Å². The second kappa shape index (κ2) is 9.69. The van der Waals surface area contributed by atoms with Gasteiger partial charge in [-0.15, -0.1) is 0 Å². The van der Waals surface area contributed by atoms with Crippen LogP contribution in [0.1, 0.15) is 33.0 Å². The zero-order valence-electron chi connectivity index (χ0n) is 18.5. The molecule has 1 fully saturated rings. The summed E-state index contributed by atoms with van der Waals surface area (Å²) in [5.41, 5.74) is 3.61. The zero-order chi connectivity index (χ0) is 22.5. The number of para-hydroxylation sites is 1. The summed E-state index contributed by atoms with van der Waals surface area (Å²) in [5.74, 6) is 0.146. The Kier molecular flexibility index (Phi) is 6.55. The van der Waals surface area contributed by atoms with E-state index < -0.39 is 0 Å². The van der Waals surface area contributed by atoms with E-state index in [1.165, 1.54) is 0 Å². The van der Waals surface area contributed by atoms with Gasteiger partial charge in [-0.1, -0.05) is 66.7 Å². The molecule has 1 saturated heterocycles. The highest BCUT2D eigenvalue weighted by Crippen LogP contribution is 2.38. The van der Waals surface area contributed by atoms with Crippen LogP contribution < -0.4 is 10.1 Å². The van der Waals surface area contributed by atoms with Crippen LogP contribution in [0, 0.1) is 12.8 Å². The van der Waals surface area contributed by atoms with Gasteiger partial charge in [0.1, 0.15) is 5.75 Å². The van der Waals surface area contributed by atoms with Gasteiger partial charge in [0.15, 0.2) is 0 Å². The molecule has 3 aromatic rings. The van der Waals surface area contributed by atoms with Gasteiger partial charge in [-0.2, -0.15) is 0 Å². The van der Waals surface area contributed by atoms with Crippen molar-refractivity contribution < 1.29 is 14.3 Å². The van der Waals surface area contributed by atoms with Crippen molar-refractivity contribution >= 4 is 11.8 Å². The Hall–Kier alpha value is -3.60. The van der Waals surface area contributed by atoms with E-state index in [0.29, 0.717) is 25.2 Å². The van der Waals surface area contributed by atoms with Crippen LogP contribution in [0.2, 0.25) is 0 Å². The Bertz CT molecular complexity index is 1100. The average Bonchev–Trinajstić information content (AvgIpc) is 3.28. The predicted molar refractivity (Wildman–Crippen MR) is 125 cm³/mol. The summed E-state index contributed by atoms with van der Waals surface area (Å²) in [7, 11) is 1.63. The number of hydrogen-bond acceptors (Lipinski definition) is 3. The summed E-state index contributed by atoms with van der Waals surface area (Å²) in [6.07, 6.45) is 0. The molecule has 2 amide bonds. The average molecular weight is 429 g/mol. The van der Waals surface area contributed by atoms with E-state index in [-0.39, 0.29) is 23.7 Å². The number of rotatable bonds is 6. The number of nitrogens with one attached hydrogen (secondary N) is 1. The lowest BCUT2D eigenvalue weighted by atomic mass is 9.87. The standard InChI is InChI=1S/C27H28N2O3/c1-19-10-6-7-13-21(19)27(31)29-17-23(22-14-8-9-15-25(22)32-2)24(18-29)26(30)28-16-20-11-4-3-5-12-20/h3-15,23-24H,16-18H2,1-2H3,(H,28,30). The molecule has 4 rings (SSSR count). The van der Waals surface area contributed by atoms with E-state index in [0.717, 1.165) is 22.4 Å². The van der Waals surface area contributed by atoms with E-state index in [9.17, 15) is 9.59 Å². The summed E-state index contributed by atoms with van der Waals surface area (Å²) < 4.78 is 5.58. The Morgan fingerprint density at radius 3 is 2.38 bits per heavy atom. The fourth-order valence-corrected chi connectivity index (χ4v) is 4.42. The maximum Gasteiger partial charge on any atom is 0.254 e. The molecule has 1 aliphatic rings. The Morgan fingerprint density at radius 2 is 1.62 bits per heavy atom. The highest BCUT2D eigenvalue weighted by molar-refractivity contribution is 5.96. The molecule has 1 N–H and O–H groups in total. The predicted octanol–water partition coefficient (Wildman–Crippen LogP) is 4.18. The molecule has 2 unspecified atom stereocenters. The number of nitrogens with zero attached hydrogens (tertiary/aromatic N) is 1. The largest absolute Gasteiger partial charge is 0.496 e. The second-order valence-electron chi connectivity index (χ2n) is 8.18. The lowest BCUT2D eigenvalue weighted by molar-refractivity contribution is -0.125. The van der Waals surface area contributed by atoms with E-state index in [1.807, 2.05) is 85.8 Å². The van der Waals surface area contributed by atoms with Crippen molar-refractivity contribution in [3.8, 4) is 5.75 Å². The van der Waals surface area contributed by atoms with Crippen LogP contribution >= 0.6 is 0 Å². The topological polar surface area (TPSA) is 58.6 Å². The number of likely N-dealkylation sites (tertiary alicyclic amines) is 1. The van der Waals surface area contributed by atoms with Gasteiger partial charge in [-0.05, 0) is 35.7 Å². The number of hydrogen-bond donors (Lipinski definition) is 1. The first-order valence-corrected chi connectivity index (χ1v) is 10.9. The number of carbonyl (C=O) groups excluding carboxylic acids is 2. The van der Waals surface area contributed by atoms with Crippen molar-refractivity contribution in [3.63, 3.8) is 0 Å². The maximum absolute atomic E-state index is 13.3. The summed E-state index contributed by atoms with van der Waals surface area (Å²) in [6, 6.07) is 25.2. The second-order valence-corrected chi connectivity index (χ2v) is 8.18. The number of amides is 2. The number of carbonyl (C=O) groups is 2. The lowest BCUT2D eigenvalue weighted by Gasteiger charge is -2.20. The molecule has 0 aromatic heterocycles. The fourth-order valence-electron chi connectivity index (χ4n) is 4.42. The molecule has 0 saturated carbocycles. The Labute approximate surface area is 189 Å². The number of ether oxygens (including phenoxy) is 1. The van der Waals surface area contributed by atoms with Crippen molar-refractivity contribution in [2.24, 2.45) is 5.92 Å². The maximum atomic E-state index is 13.3. The van der Waals surface area contributed by atoms with Crippen molar-refractivity contribution in [2.45, 2.75) is 19.4 Å². The van der Waals surface area contributed by atoms with E-state index in [2.05, 4.69) is 5.32 Å². The van der Waals surface area contributed by atoms with Gasteiger partial charge in [0.25, 0.3) is 5.91 Å². The molecule has 164 valence electrons. The van der Waals surface area contributed by atoms with Crippen molar-refractivity contribution in [3.05, 3.63) is 101 Å². The minimum absolute atomic E-state index is 0.0404. The number of methoxy groups -OCH3 is 1. The van der Waals surface area contributed by atoms with Crippen molar-refractivity contribution in [1.82, 2.24) is 10.2 Å². The summed E-state index contributed by atoms with van der Waals surface area (Å²) in [4.78, 5) is 28.4. The van der Waals surface area contributed by atoms with Crippen LogP contribution in [0.3, 0.4) is 0 Å². The van der Waals surface area contributed by atoms with Crippen LogP contribution in [0.4, 0.5) is 0 Å². The third kappa shape index (κ3) is 4.52. The summed E-state index contributed by atoms with van der Waals surface area (Å²) >= 11 is 0. The van der Waals surface area contributed by atoms with Gasteiger partial charge in [-0.25, -0.2) is 0 Å². The van der Waals surface area contributed by atoms with Crippen LogP contribution in [0.25, 0.3) is 0 Å². The minimum atomic E-state index is -0.358. The Morgan fingerprint density at radius 1 is 0.938 bits per heavy atom. The molecule has 1 heterocycles. The van der Waals surface area contributed by atoms with Crippen molar-refractivity contribution in [1.29, 1.82) is 0 Å². The molecule has 0 radical (unpaired) electrons. The van der Waals surface area contributed by atoms with Gasteiger partial charge in [-0.3, -0.25) is 9.59 Å². The van der Waals surface area contributed by atoms with Crippen LogP contribution in [0.5, 0.6) is 5.75 Å². The number of aryl methyl sites for hydroxylation is 1. The monoisotopic (exact) mass is 428 g/mol. The molecular weight excluding hydrogens is 400 g/mol. The van der Waals surface area contributed by atoms with Crippen LogP contribution in [-0.2, 0) is 11.3 Å². The van der Waals surface area contributed by atoms with Crippen molar-refractivity contribution in [2.75, 3.05) is 20.2 Å². The molecule has 0 bridgehead atoms. The molecule has 5 heteroatoms. The van der Waals surface area contributed by atoms with Crippen LogP contribution in [-0.4, -0.2) is 36.9 Å². The molecule has 32 heavy (non-hydrogen) atoms. The third-order valence-electron chi connectivity index (χ3n) is 6.17. The Balaban J connectivity index is 1.60. The minimum Gasteiger partial charge on any atom is -0.496 e. The van der Waals surface area contributed by atoms with Gasteiger partial charge in [0.2, 0.25) is 5.91 Å². The first-order chi connectivity index (χ1) is 15.6. The molecular formula is C27H28N2O3. The molecule has 0 aliphatic carbocycles. The number of benzene rings is 3. The van der Waals surface area contributed by atoms with Gasteiger partial charge in [0.05, 0.1) is 13.0 Å². The van der Waals surface area contributed by atoms with E-state index in [1.54, 1.807) is 12.0 Å². The molecule has 3 aromatic carbocycles. The first kappa shape index (κ1) is 21.6. The SMILES string of the molecule is COc1ccccc1C1CN(C(=O)c2ccccc2C)CC1C(=O)NCc1ccccc1. The molecule has 2 atom stereocenters. The van der Waals surface area contributed by atoms with Gasteiger partial charge < -0.3 is 15.0 Å². The third-order valence-corrected chi connectivity index (χ3v) is 6.17. The highest BCUT2D eigenvalue weighted by Gasteiger charge is 2.41. The molecule has 5 nitrogen and oxygen atoms in total. The van der Waals surface area contributed by atoms with Gasteiger partial charge >= 0.3 is 0 Å². The van der Waals surface area contributed by atoms with Gasteiger partial charge in [0, 0.05) is 31.1 Å². The lowest BCUT2D eigenvalue weighted by Crippen LogP contribution is -2.35. The van der Waals surface area contributed by atoms with Crippen LogP contribution in [0.15, 0.2) is 78.9 Å². The normalized spacial score (nSPS) is 17.8. The fraction of sp³-hybridized carbons (Fsp3) is 0.259.